The normalized spacial score (nSPS) is 17.0. The number of nitrogens with zero attached hydrogens (tertiary/aromatic N) is 2. The Morgan fingerprint density at radius 1 is 0.941 bits per heavy atom. The number of hydrogen-bond acceptors (Lipinski definition) is 5. The van der Waals surface area contributed by atoms with Crippen LogP contribution in [0.4, 0.5) is 5.69 Å². The lowest BCUT2D eigenvalue weighted by atomic mass is 10.2. The molecule has 1 aromatic carbocycles. The predicted octanol–water partition coefficient (Wildman–Crippen LogP) is 1.32. The zero-order chi connectivity index (χ0) is 12.3. The number of rotatable bonds is 3. The molecule has 1 aliphatic rings. The van der Waals surface area contributed by atoms with Gasteiger partial charge in [0.2, 0.25) is 0 Å². The highest BCUT2D eigenvalue weighted by atomic mass is 16.5. The molecule has 5 heteroatoms. The second-order valence-corrected chi connectivity index (χ2v) is 3.99. The first-order valence-corrected chi connectivity index (χ1v) is 5.63. The molecule has 0 radical (unpaired) electrons. The van der Waals surface area contributed by atoms with Crippen LogP contribution >= 0.6 is 0 Å². The highest BCUT2D eigenvalue weighted by Crippen LogP contribution is 2.28. The molecule has 1 saturated heterocycles. The lowest BCUT2D eigenvalue weighted by Gasteiger charge is -2.39. The molecule has 2 rings (SSSR count). The van der Waals surface area contributed by atoms with E-state index in [1.165, 1.54) is 0 Å². The average molecular weight is 237 g/mol. The van der Waals surface area contributed by atoms with Crippen molar-refractivity contribution in [2.45, 2.75) is 0 Å². The molecule has 0 bridgehead atoms. The maximum Gasteiger partial charge on any atom is 0.124 e. The van der Waals surface area contributed by atoms with Gasteiger partial charge in [0.05, 0.1) is 14.2 Å². The van der Waals surface area contributed by atoms with Crippen molar-refractivity contribution in [3.8, 4) is 11.5 Å². The molecular formula is C12H17N2O3-. The van der Waals surface area contributed by atoms with Crippen LogP contribution in [-0.2, 0) is 0 Å². The smallest absolute Gasteiger partial charge is 0.124 e. The van der Waals surface area contributed by atoms with E-state index in [2.05, 4.69) is 4.90 Å². The van der Waals surface area contributed by atoms with E-state index in [-0.39, 0.29) is 0 Å². The number of benzene rings is 1. The molecule has 0 amide bonds. The molecule has 0 aromatic heterocycles. The number of hydrogen-bond donors (Lipinski definition) is 0. The van der Waals surface area contributed by atoms with Crippen LogP contribution in [0.1, 0.15) is 0 Å². The quantitative estimate of drug-likeness (QED) is 0.793. The van der Waals surface area contributed by atoms with Crippen molar-refractivity contribution in [1.82, 2.24) is 5.06 Å². The van der Waals surface area contributed by atoms with Gasteiger partial charge in [-0.1, -0.05) is 0 Å². The standard InChI is InChI=1S/C12H17N2O3/c1-16-11-7-10(8-12(9-11)17-2)13-3-5-14(15)6-4-13/h7-9H,3-6H2,1-2H3/q-1. The number of piperazine rings is 1. The molecule has 1 aromatic rings. The van der Waals surface area contributed by atoms with E-state index in [1.54, 1.807) is 14.2 Å². The van der Waals surface area contributed by atoms with Gasteiger partial charge in [-0.25, -0.2) is 0 Å². The van der Waals surface area contributed by atoms with Crippen LogP contribution < -0.4 is 14.4 Å². The van der Waals surface area contributed by atoms with Gasteiger partial charge in [0.15, 0.2) is 0 Å². The molecule has 0 N–H and O–H groups in total. The third-order valence-electron chi connectivity index (χ3n) is 2.94. The Morgan fingerprint density at radius 3 is 1.94 bits per heavy atom. The molecule has 1 aliphatic heterocycles. The molecule has 1 heterocycles. The summed E-state index contributed by atoms with van der Waals surface area (Å²) in [5.41, 5.74) is 1.04. The van der Waals surface area contributed by atoms with E-state index in [0.717, 1.165) is 35.3 Å². The summed E-state index contributed by atoms with van der Waals surface area (Å²) in [6.45, 7) is 2.55. The van der Waals surface area contributed by atoms with Crippen molar-refractivity contribution in [1.29, 1.82) is 0 Å². The van der Waals surface area contributed by atoms with E-state index >= 15 is 0 Å². The second kappa shape index (κ2) is 5.25. The Morgan fingerprint density at radius 2 is 1.47 bits per heavy atom. The van der Waals surface area contributed by atoms with Gasteiger partial charge in [-0.3, -0.25) is 0 Å². The monoisotopic (exact) mass is 237 g/mol. The van der Waals surface area contributed by atoms with Gasteiger partial charge in [0.25, 0.3) is 0 Å². The first-order chi connectivity index (χ1) is 8.22. The Bertz CT molecular complexity index is 354. The molecule has 0 aliphatic carbocycles. The third kappa shape index (κ3) is 2.81. The summed E-state index contributed by atoms with van der Waals surface area (Å²) in [5, 5.41) is 12.2. The highest BCUT2D eigenvalue weighted by molar-refractivity contribution is 5.56. The van der Waals surface area contributed by atoms with Crippen molar-refractivity contribution in [3.63, 3.8) is 0 Å². The molecular weight excluding hydrogens is 220 g/mol. The summed E-state index contributed by atoms with van der Waals surface area (Å²) >= 11 is 0. The summed E-state index contributed by atoms with van der Waals surface area (Å²) in [4.78, 5) is 2.17. The molecule has 0 unspecified atom stereocenters. The number of hydroxylamine groups is 2. The molecule has 1 fully saturated rings. The predicted molar refractivity (Wildman–Crippen MR) is 66.7 cm³/mol. The van der Waals surface area contributed by atoms with Gasteiger partial charge in [-0.2, -0.15) is 0 Å². The van der Waals surface area contributed by atoms with Crippen LogP contribution in [-0.4, -0.2) is 45.5 Å². The Hall–Kier alpha value is -1.46. The van der Waals surface area contributed by atoms with Crippen molar-refractivity contribution >= 4 is 5.69 Å². The molecule has 0 atom stereocenters. The zero-order valence-electron chi connectivity index (χ0n) is 10.2. The van der Waals surface area contributed by atoms with Crippen LogP contribution in [0.2, 0.25) is 0 Å². The molecule has 0 saturated carbocycles. The van der Waals surface area contributed by atoms with Crippen LogP contribution in [0, 0.1) is 5.21 Å². The van der Waals surface area contributed by atoms with Crippen LogP contribution in [0.5, 0.6) is 11.5 Å². The van der Waals surface area contributed by atoms with E-state index in [0.29, 0.717) is 13.1 Å². The highest BCUT2D eigenvalue weighted by Gasteiger charge is 2.13. The molecule has 5 nitrogen and oxygen atoms in total. The minimum Gasteiger partial charge on any atom is -0.785 e. The zero-order valence-corrected chi connectivity index (χ0v) is 10.2. The fourth-order valence-electron chi connectivity index (χ4n) is 1.92. The van der Waals surface area contributed by atoms with Gasteiger partial charge in [-0.05, 0) is 0 Å². The molecule has 0 spiro atoms. The van der Waals surface area contributed by atoms with Crippen molar-refractivity contribution in [2.24, 2.45) is 0 Å². The van der Waals surface area contributed by atoms with Crippen molar-refractivity contribution in [2.75, 3.05) is 45.3 Å². The van der Waals surface area contributed by atoms with E-state index < -0.39 is 0 Å². The Labute approximate surface area is 101 Å². The van der Waals surface area contributed by atoms with E-state index in [9.17, 15) is 5.21 Å². The van der Waals surface area contributed by atoms with Gasteiger partial charge >= 0.3 is 0 Å². The van der Waals surface area contributed by atoms with Gasteiger partial charge in [-0.15, -0.1) is 0 Å². The maximum absolute atomic E-state index is 11.1. The lowest BCUT2D eigenvalue weighted by Crippen LogP contribution is -2.43. The Kier molecular flexibility index (Phi) is 3.71. The van der Waals surface area contributed by atoms with Gasteiger partial charge < -0.3 is 24.6 Å². The number of methoxy groups -OCH3 is 2. The van der Waals surface area contributed by atoms with E-state index in [4.69, 9.17) is 9.47 Å². The summed E-state index contributed by atoms with van der Waals surface area (Å²) in [5.74, 6) is 1.54. The SMILES string of the molecule is COc1cc(OC)cc(N2CCN([O-])CC2)c1. The summed E-state index contributed by atoms with van der Waals surface area (Å²) < 4.78 is 10.5. The minimum absolute atomic E-state index is 0.541. The number of anilines is 1. The summed E-state index contributed by atoms with van der Waals surface area (Å²) in [6, 6.07) is 5.76. The average Bonchev–Trinajstić information content (AvgIpc) is 2.39. The molecule has 94 valence electrons. The first kappa shape index (κ1) is 12.0. The van der Waals surface area contributed by atoms with Gasteiger partial charge in [0.1, 0.15) is 11.5 Å². The number of ether oxygens (including phenoxy) is 2. The van der Waals surface area contributed by atoms with Crippen LogP contribution in [0.25, 0.3) is 0 Å². The maximum atomic E-state index is 11.1. The first-order valence-electron chi connectivity index (χ1n) is 5.63. The minimum atomic E-state index is 0.541. The van der Waals surface area contributed by atoms with Crippen LogP contribution in [0.15, 0.2) is 18.2 Å². The third-order valence-corrected chi connectivity index (χ3v) is 2.94. The second-order valence-electron chi connectivity index (χ2n) is 3.99. The lowest BCUT2D eigenvalue weighted by molar-refractivity contribution is 0.349. The topological polar surface area (TPSA) is 48.0 Å². The van der Waals surface area contributed by atoms with Gasteiger partial charge in [0, 0.05) is 50.1 Å². The van der Waals surface area contributed by atoms with Crippen LogP contribution in [0.3, 0.4) is 0 Å². The summed E-state index contributed by atoms with van der Waals surface area (Å²) in [7, 11) is 3.27. The summed E-state index contributed by atoms with van der Waals surface area (Å²) in [6.07, 6.45) is 0. The molecule has 17 heavy (non-hydrogen) atoms. The van der Waals surface area contributed by atoms with E-state index in [1.807, 2.05) is 18.2 Å². The fraction of sp³-hybridized carbons (Fsp3) is 0.500. The largest absolute Gasteiger partial charge is 0.785 e. The fourth-order valence-corrected chi connectivity index (χ4v) is 1.92. The van der Waals surface area contributed by atoms with Crippen molar-refractivity contribution < 1.29 is 9.47 Å². The Balaban J connectivity index is 2.19. The van der Waals surface area contributed by atoms with Crippen molar-refractivity contribution in [3.05, 3.63) is 23.4 Å².